The molecule has 1 N–H and O–H groups in total. The summed E-state index contributed by atoms with van der Waals surface area (Å²) in [6.07, 6.45) is 1.48. The van der Waals surface area contributed by atoms with Crippen LogP contribution in [0.25, 0.3) is 0 Å². The van der Waals surface area contributed by atoms with Crippen LogP contribution in [0.15, 0.2) is 24.3 Å². The Bertz CT molecular complexity index is 539. The van der Waals surface area contributed by atoms with Gasteiger partial charge in [0.1, 0.15) is 5.75 Å². The third-order valence-electron chi connectivity index (χ3n) is 3.69. The molecule has 1 aliphatic rings. The first-order valence-corrected chi connectivity index (χ1v) is 7.53. The zero-order valence-electron chi connectivity index (χ0n) is 13.6. The highest BCUT2D eigenvalue weighted by molar-refractivity contribution is 5.95. The molecule has 0 aromatic heterocycles. The van der Waals surface area contributed by atoms with Crippen LogP contribution in [0, 0.1) is 0 Å². The predicted molar refractivity (Wildman–Crippen MR) is 92.3 cm³/mol. The molecule has 1 aromatic rings. The molecule has 128 valence electrons. The van der Waals surface area contributed by atoms with Crippen molar-refractivity contribution >= 4 is 29.9 Å². The van der Waals surface area contributed by atoms with Gasteiger partial charge < -0.3 is 19.9 Å². The molecule has 6 nitrogen and oxygen atoms in total. The number of halogens is 1. The van der Waals surface area contributed by atoms with Gasteiger partial charge in [0.2, 0.25) is 5.91 Å². The maximum atomic E-state index is 11.9. The molecular formula is C16H24ClN3O3. The van der Waals surface area contributed by atoms with E-state index < -0.39 is 0 Å². The first-order valence-electron chi connectivity index (χ1n) is 7.53. The average molecular weight is 342 g/mol. The first-order chi connectivity index (χ1) is 10.6. The number of carbonyl (C=O) groups excluding carboxylic acids is 2. The number of nitrogens with zero attached hydrogens (tertiary/aromatic N) is 2. The number of anilines is 1. The standard InChI is InChI=1S/C16H23N3O3.ClH/c1-17-8-10-18(2)16(21)12-22-14-6-3-5-13(11-14)19-9-4-7-15(19)20;/h3,5-6,11,17H,4,7-10,12H2,1-2H3;1H. The smallest absolute Gasteiger partial charge is 0.260 e. The minimum Gasteiger partial charge on any atom is -0.484 e. The summed E-state index contributed by atoms with van der Waals surface area (Å²) in [5.41, 5.74) is 0.830. The summed E-state index contributed by atoms with van der Waals surface area (Å²) in [4.78, 5) is 27.1. The van der Waals surface area contributed by atoms with E-state index >= 15 is 0 Å². The van der Waals surface area contributed by atoms with E-state index in [2.05, 4.69) is 5.32 Å². The molecule has 7 heteroatoms. The molecule has 1 saturated heterocycles. The van der Waals surface area contributed by atoms with Crippen molar-refractivity contribution in [3.8, 4) is 5.75 Å². The number of likely N-dealkylation sites (N-methyl/N-ethyl adjacent to an activating group) is 2. The summed E-state index contributed by atoms with van der Waals surface area (Å²) >= 11 is 0. The van der Waals surface area contributed by atoms with E-state index in [9.17, 15) is 9.59 Å². The van der Waals surface area contributed by atoms with Crippen molar-refractivity contribution in [2.75, 3.05) is 45.2 Å². The lowest BCUT2D eigenvalue weighted by Crippen LogP contribution is -2.35. The molecule has 0 atom stereocenters. The monoisotopic (exact) mass is 341 g/mol. The Morgan fingerprint density at radius 3 is 2.87 bits per heavy atom. The molecule has 23 heavy (non-hydrogen) atoms. The Morgan fingerprint density at radius 1 is 1.43 bits per heavy atom. The maximum Gasteiger partial charge on any atom is 0.260 e. The fraction of sp³-hybridized carbons (Fsp3) is 0.500. The number of benzene rings is 1. The molecule has 1 aliphatic heterocycles. The largest absolute Gasteiger partial charge is 0.484 e. The highest BCUT2D eigenvalue weighted by atomic mass is 35.5. The van der Waals surface area contributed by atoms with Crippen LogP contribution < -0.4 is 15.0 Å². The van der Waals surface area contributed by atoms with Gasteiger partial charge in [-0.05, 0) is 25.6 Å². The minimum atomic E-state index is -0.0714. The first kappa shape index (κ1) is 19.3. The Kier molecular flexibility index (Phi) is 7.85. The summed E-state index contributed by atoms with van der Waals surface area (Å²) in [6.45, 7) is 2.13. The summed E-state index contributed by atoms with van der Waals surface area (Å²) in [5, 5.41) is 3.00. The van der Waals surface area contributed by atoms with Crippen LogP contribution >= 0.6 is 12.4 Å². The van der Waals surface area contributed by atoms with Crippen molar-refractivity contribution < 1.29 is 14.3 Å². The van der Waals surface area contributed by atoms with E-state index in [4.69, 9.17) is 4.74 Å². The molecule has 2 rings (SSSR count). The second-order valence-corrected chi connectivity index (χ2v) is 5.35. The SMILES string of the molecule is CNCCN(C)C(=O)COc1cccc(N2CCCC2=O)c1.Cl. The summed E-state index contributed by atoms with van der Waals surface area (Å²) < 4.78 is 5.55. The zero-order chi connectivity index (χ0) is 15.9. The van der Waals surface area contributed by atoms with E-state index in [1.165, 1.54) is 0 Å². The van der Waals surface area contributed by atoms with Crippen LogP contribution in [0.2, 0.25) is 0 Å². The Morgan fingerprint density at radius 2 is 2.22 bits per heavy atom. The Labute approximate surface area is 143 Å². The van der Waals surface area contributed by atoms with Crippen molar-refractivity contribution in [3.63, 3.8) is 0 Å². The highest BCUT2D eigenvalue weighted by Gasteiger charge is 2.21. The number of rotatable bonds is 7. The normalized spacial score (nSPS) is 13.7. The third kappa shape index (κ3) is 5.41. The lowest BCUT2D eigenvalue weighted by molar-refractivity contribution is -0.132. The highest BCUT2D eigenvalue weighted by Crippen LogP contribution is 2.25. The van der Waals surface area contributed by atoms with Gasteiger partial charge in [0.15, 0.2) is 6.61 Å². The molecule has 1 aromatic carbocycles. The van der Waals surface area contributed by atoms with Crippen molar-refractivity contribution in [3.05, 3.63) is 24.3 Å². The van der Waals surface area contributed by atoms with Gasteiger partial charge in [-0.25, -0.2) is 0 Å². The fourth-order valence-corrected chi connectivity index (χ4v) is 2.32. The molecule has 2 amide bonds. The number of amides is 2. The number of carbonyl (C=O) groups is 2. The summed E-state index contributed by atoms with van der Waals surface area (Å²) in [7, 11) is 3.60. The molecular weight excluding hydrogens is 318 g/mol. The molecule has 0 unspecified atom stereocenters. The molecule has 0 bridgehead atoms. The van der Waals surface area contributed by atoms with Crippen LogP contribution in [0.4, 0.5) is 5.69 Å². The van der Waals surface area contributed by atoms with E-state index in [1.54, 1.807) is 22.9 Å². The van der Waals surface area contributed by atoms with Crippen LogP contribution in [0.3, 0.4) is 0 Å². The van der Waals surface area contributed by atoms with E-state index in [1.807, 2.05) is 25.2 Å². The van der Waals surface area contributed by atoms with Crippen molar-refractivity contribution in [2.45, 2.75) is 12.8 Å². The van der Waals surface area contributed by atoms with Crippen LogP contribution in [-0.2, 0) is 9.59 Å². The van der Waals surface area contributed by atoms with Gasteiger partial charge in [-0.2, -0.15) is 0 Å². The van der Waals surface area contributed by atoms with Crippen molar-refractivity contribution in [1.82, 2.24) is 10.2 Å². The van der Waals surface area contributed by atoms with E-state index in [0.717, 1.165) is 25.2 Å². The zero-order valence-corrected chi connectivity index (χ0v) is 14.4. The van der Waals surface area contributed by atoms with E-state index in [-0.39, 0.29) is 30.8 Å². The van der Waals surface area contributed by atoms with Gasteiger partial charge in [-0.15, -0.1) is 12.4 Å². The molecule has 0 spiro atoms. The Balaban J connectivity index is 0.00000264. The van der Waals surface area contributed by atoms with Gasteiger partial charge in [-0.3, -0.25) is 9.59 Å². The Hall–Kier alpha value is -1.79. The lowest BCUT2D eigenvalue weighted by atomic mass is 10.3. The second-order valence-electron chi connectivity index (χ2n) is 5.35. The van der Waals surface area contributed by atoms with Crippen LogP contribution in [0.1, 0.15) is 12.8 Å². The van der Waals surface area contributed by atoms with Gasteiger partial charge >= 0.3 is 0 Å². The van der Waals surface area contributed by atoms with Gasteiger partial charge in [0, 0.05) is 44.9 Å². The molecule has 0 saturated carbocycles. The molecule has 0 radical (unpaired) electrons. The molecule has 1 heterocycles. The number of ether oxygens (including phenoxy) is 1. The quantitative estimate of drug-likeness (QED) is 0.812. The van der Waals surface area contributed by atoms with Crippen LogP contribution in [-0.4, -0.2) is 57.1 Å². The predicted octanol–water partition coefficient (Wildman–Crippen LogP) is 1.29. The minimum absolute atomic E-state index is 0. The number of hydrogen-bond donors (Lipinski definition) is 1. The molecule has 1 fully saturated rings. The summed E-state index contributed by atoms with van der Waals surface area (Å²) in [5.74, 6) is 0.672. The van der Waals surface area contributed by atoms with Gasteiger partial charge in [0.25, 0.3) is 5.91 Å². The van der Waals surface area contributed by atoms with Crippen LogP contribution in [0.5, 0.6) is 5.75 Å². The number of hydrogen-bond acceptors (Lipinski definition) is 4. The lowest BCUT2D eigenvalue weighted by Gasteiger charge is -2.18. The number of nitrogens with one attached hydrogen (secondary N) is 1. The molecule has 0 aliphatic carbocycles. The van der Waals surface area contributed by atoms with Crippen molar-refractivity contribution in [2.24, 2.45) is 0 Å². The third-order valence-corrected chi connectivity index (χ3v) is 3.69. The van der Waals surface area contributed by atoms with Gasteiger partial charge in [0.05, 0.1) is 0 Å². The van der Waals surface area contributed by atoms with Gasteiger partial charge in [-0.1, -0.05) is 6.07 Å². The van der Waals surface area contributed by atoms with Crippen molar-refractivity contribution in [1.29, 1.82) is 0 Å². The topological polar surface area (TPSA) is 61.9 Å². The maximum absolute atomic E-state index is 11.9. The van der Waals surface area contributed by atoms with E-state index in [0.29, 0.717) is 18.7 Å². The fourth-order valence-electron chi connectivity index (χ4n) is 2.32. The summed E-state index contributed by atoms with van der Waals surface area (Å²) in [6, 6.07) is 7.33. The second kappa shape index (κ2) is 9.37. The average Bonchev–Trinajstić information content (AvgIpc) is 2.96.